The van der Waals surface area contributed by atoms with Crippen molar-refractivity contribution in [1.29, 1.82) is 0 Å². The number of hydrogen-bond donors (Lipinski definition) is 2. The maximum atomic E-state index is 10.5. The van der Waals surface area contributed by atoms with Crippen molar-refractivity contribution in [1.82, 2.24) is 5.32 Å². The zero-order chi connectivity index (χ0) is 13.0. The van der Waals surface area contributed by atoms with E-state index in [0.717, 1.165) is 18.7 Å². The van der Waals surface area contributed by atoms with Gasteiger partial charge in [-0.3, -0.25) is 0 Å². The number of ether oxygens (including phenoxy) is 1. The topological polar surface area (TPSA) is 41.5 Å². The molecule has 0 amide bonds. The highest BCUT2D eigenvalue weighted by Crippen LogP contribution is 2.24. The summed E-state index contributed by atoms with van der Waals surface area (Å²) in [6.45, 7) is 4.13. The molecule has 1 aromatic rings. The van der Waals surface area contributed by atoms with E-state index in [9.17, 15) is 5.11 Å². The predicted molar refractivity (Wildman–Crippen MR) is 73.0 cm³/mol. The summed E-state index contributed by atoms with van der Waals surface area (Å²) in [4.78, 5) is 0. The molecule has 4 heteroatoms. The van der Waals surface area contributed by atoms with E-state index in [-0.39, 0.29) is 6.04 Å². The molecule has 0 saturated carbocycles. The molecule has 100 valence electrons. The predicted octanol–water partition coefficient (Wildman–Crippen LogP) is 2.01. The molecule has 1 aliphatic rings. The van der Waals surface area contributed by atoms with Crippen molar-refractivity contribution in [2.45, 2.75) is 31.4 Å². The molecule has 1 aromatic carbocycles. The minimum Gasteiger partial charge on any atom is -0.390 e. The molecule has 1 heterocycles. The van der Waals surface area contributed by atoms with Crippen molar-refractivity contribution in [2.24, 2.45) is 0 Å². The third kappa shape index (κ3) is 3.95. The van der Waals surface area contributed by atoms with E-state index >= 15 is 0 Å². The van der Waals surface area contributed by atoms with E-state index < -0.39 is 5.60 Å². The molecule has 1 fully saturated rings. The highest BCUT2D eigenvalue weighted by Gasteiger charge is 2.27. The van der Waals surface area contributed by atoms with Crippen molar-refractivity contribution in [3.8, 4) is 0 Å². The summed E-state index contributed by atoms with van der Waals surface area (Å²) in [5.74, 6) is 0. The van der Waals surface area contributed by atoms with Crippen LogP contribution in [0.1, 0.15) is 18.9 Å². The second-order valence-corrected chi connectivity index (χ2v) is 5.60. The first-order valence-corrected chi connectivity index (χ1v) is 6.71. The Kier molecular flexibility index (Phi) is 4.62. The van der Waals surface area contributed by atoms with Gasteiger partial charge in [0, 0.05) is 24.0 Å². The first-order valence-electron chi connectivity index (χ1n) is 6.34. The van der Waals surface area contributed by atoms with Gasteiger partial charge in [0.05, 0.1) is 18.8 Å². The first-order chi connectivity index (χ1) is 8.57. The molecule has 1 saturated heterocycles. The maximum absolute atomic E-state index is 10.5. The van der Waals surface area contributed by atoms with Crippen LogP contribution < -0.4 is 5.32 Å². The van der Waals surface area contributed by atoms with Gasteiger partial charge in [-0.15, -0.1) is 0 Å². The largest absolute Gasteiger partial charge is 0.390 e. The van der Waals surface area contributed by atoms with Gasteiger partial charge in [0.2, 0.25) is 0 Å². The molecule has 2 unspecified atom stereocenters. The lowest BCUT2D eigenvalue weighted by Crippen LogP contribution is -2.46. The van der Waals surface area contributed by atoms with Crippen LogP contribution in [-0.2, 0) is 11.2 Å². The van der Waals surface area contributed by atoms with Gasteiger partial charge in [-0.05, 0) is 25.0 Å². The summed E-state index contributed by atoms with van der Waals surface area (Å²) in [5.41, 5.74) is 0.212. The average Bonchev–Trinajstić information content (AvgIpc) is 2.32. The highest BCUT2D eigenvalue weighted by atomic mass is 35.5. The van der Waals surface area contributed by atoms with Crippen molar-refractivity contribution < 1.29 is 9.84 Å². The molecule has 2 rings (SSSR count). The van der Waals surface area contributed by atoms with Gasteiger partial charge >= 0.3 is 0 Å². The van der Waals surface area contributed by atoms with Crippen molar-refractivity contribution in [2.75, 3.05) is 19.8 Å². The molecule has 0 aliphatic carbocycles. The summed E-state index contributed by atoms with van der Waals surface area (Å²) in [6, 6.07) is 7.88. The Morgan fingerprint density at radius 2 is 2.28 bits per heavy atom. The van der Waals surface area contributed by atoms with Crippen LogP contribution in [0.15, 0.2) is 24.3 Å². The van der Waals surface area contributed by atoms with Crippen LogP contribution in [0.2, 0.25) is 5.02 Å². The van der Waals surface area contributed by atoms with Gasteiger partial charge in [0.15, 0.2) is 0 Å². The number of morpholine rings is 1. The zero-order valence-corrected chi connectivity index (χ0v) is 11.4. The fourth-order valence-corrected chi connectivity index (χ4v) is 2.61. The SMILES string of the molecule is CC(O)(Cc1ccccc1Cl)CC1COCCN1. The molecular formula is C14H20ClNO2. The highest BCUT2D eigenvalue weighted by molar-refractivity contribution is 6.31. The Balaban J connectivity index is 1.96. The van der Waals surface area contributed by atoms with E-state index in [4.69, 9.17) is 16.3 Å². The Bertz CT molecular complexity index is 389. The van der Waals surface area contributed by atoms with Gasteiger partial charge in [0.1, 0.15) is 0 Å². The minimum atomic E-state index is -0.774. The third-order valence-corrected chi connectivity index (χ3v) is 3.58. The van der Waals surface area contributed by atoms with Crippen molar-refractivity contribution in [3.63, 3.8) is 0 Å². The molecule has 1 aliphatic heterocycles. The fraction of sp³-hybridized carbons (Fsp3) is 0.571. The van der Waals surface area contributed by atoms with E-state index in [1.54, 1.807) is 0 Å². The number of aliphatic hydroxyl groups is 1. The van der Waals surface area contributed by atoms with Crippen molar-refractivity contribution >= 4 is 11.6 Å². The van der Waals surface area contributed by atoms with Gasteiger partial charge in [0.25, 0.3) is 0 Å². The van der Waals surface area contributed by atoms with E-state index in [1.807, 2.05) is 31.2 Å². The molecule has 2 atom stereocenters. The molecule has 18 heavy (non-hydrogen) atoms. The lowest BCUT2D eigenvalue weighted by atomic mass is 9.90. The molecule has 2 N–H and O–H groups in total. The van der Waals surface area contributed by atoms with Crippen molar-refractivity contribution in [3.05, 3.63) is 34.9 Å². The number of hydrogen-bond acceptors (Lipinski definition) is 3. The number of nitrogens with one attached hydrogen (secondary N) is 1. The zero-order valence-electron chi connectivity index (χ0n) is 10.7. The van der Waals surface area contributed by atoms with Crippen LogP contribution >= 0.6 is 11.6 Å². The second kappa shape index (κ2) is 6.02. The summed E-state index contributed by atoms with van der Waals surface area (Å²) < 4.78 is 5.40. The lowest BCUT2D eigenvalue weighted by Gasteiger charge is -2.31. The summed E-state index contributed by atoms with van der Waals surface area (Å²) in [5, 5.41) is 14.6. The van der Waals surface area contributed by atoms with Crippen LogP contribution in [0.5, 0.6) is 0 Å². The lowest BCUT2D eigenvalue weighted by molar-refractivity contribution is 0.00652. The average molecular weight is 270 g/mol. The molecule has 3 nitrogen and oxygen atoms in total. The summed E-state index contributed by atoms with van der Waals surface area (Å²) >= 11 is 6.12. The monoisotopic (exact) mass is 269 g/mol. The third-order valence-electron chi connectivity index (χ3n) is 3.21. The van der Waals surface area contributed by atoms with Crippen LogP contribution in [0.3, 0.4) is 0 Å². The van der Waals surface area contributed by atoms with E-state index in [2.05, 4.69) is 5.32 Å². The van der Waals surface area contributed by atoms with Gasteiger partial charge in [-0.25, -0.2) is 0 Å². The molecule has 0 bridgehead atoms. The van der Waals surface area contributed by atoms with Crippen LogP contribution in [0.4, 0.5) is 0 Å². The maximum Gasteiger partial charge on any atom is 0.0676 e. The Morgan fingerprint density at radius 1 is 1.50 bits per heavy atom. The molecule has 0 aromatic heterocycles. The van der Waals surface area contributed by atoms with Crippen LogP contribution in [0, 0.1) is 0 Å². The fourth-order valence-electron chi connectivity index (χ4n) is 2.41. The first kappa shape index (κ1) is 13.8. The van der Waals surface area contributed by atoms with E-state index in [1.165, 1.54) is 0 Å². The Morgan fingerprint density at radius 3 is 2.94 bits per heavy atom. The van der Waals surface area contributed by atoms with Gasteiger partial charge in [-0.2, -0.15) is 0 Å². The van der Waals surface area contributed by atoms with Gasteiger partial charge in [-0.1, -0.05) is 29.8 Å². The summed E-state index contributed by atoms with van der Waals surface area (Å²) in [6.07, 6.45) is 1.23. The van der Waals surface area contributed by atoms with Crippen LogP contribution in [-0.4, -0.2) is 36.5 Å². The standard InChI is InChI=1S/C14H20ClNO2/c1-14(17,9-12-10-18-7-6-16-12)8-11-4-2-3-5-13(11)15/h2-5,12,16-17H,6-10H2,1H3. The van der Waals surface area contributed by atoms with E-state index in [0.29, 0.717) is 24.5 Å². The number of benzene rings is 1. The smallest absolute Gasteiger partial charge is 0.0676 e. The Labute approximate surface area is 113 Å². The van der Waals surface area contributed by atoms with Gasteiger partial charge < -0.3 is 15.2 Å². The summed E-state index contributed by atoms with van der Waals surface area (Å²) in [7, 11) is 0. The normalized spacial score (nSPS) is 23.6. The molecule has 0 spiro atoms. The number of rotatable bonds is 4. The Hall–Kier alpha value is -0.610. The van der Waals surface area contributed by atoms with Crippen LogP contribution in [0.25, 0.3) is 0 Å². The molecule has 0 radical (unpaired) electrons. The minimum absolute atomic E-state index is 0.219. The molecular weight excluding hydrogens is 250 g/mol. The quantitative estimate of drug-likeness (QED) is 0.879. The second-order valence-electron chi connectivity index (χ2n) is 5.20. The number of halogens is 1.